The maximum atomic E-state index is 12.2. The first-order valence-electron chi connectivity index (χ1n) is 7.26. The van der Waals surface area contributed by atoms with Crippen LogP contribution >= 0.6 is 0 Å². The van der Waals surface area contributed by atoms with E-state index in [4.69, 9.17) is 5.11 Å². The number of carbonyl (C=O) groups excluding carboxylic acids is 1. The van der Waals surface area contributed by atoms with E-state index in [1.807, 2.05) is 0 Å². The van der Waals surface area contributed by atoms with E-state index in [2.05, 4.69) is 10.2 Å². The Morgan fingerprint density at radius 2 is 1.90 bits per heavy atom. The summed E-state index contributed by atoms with van der Waals surface area (Å²) in [5, 5.41) is 21.6. The number of carboxylic acids is 1. The average Bonchev–Trinajstić information content (AvgIpc) is 3.01. The fourth-order valence-electron chi connectivity index (χ4n) is 3.21. The smallest absolute Gasteiger partial charge is 0.326 e. The van der Waals surface area contributed by atoms with Gasteiger partial charge in [-0.25, -0.2) is 9.59 Å². The third-order valence-electron chi connectivity index (χ3n) is 4.44. The number of amides is 2. The van der Waals surface area contributed by atoms with Crippen molar-refractivity contribution in [3.63, 3.8) is 0 Å². The van der Waals surface area contributed by atoms with Gasteiger partial charge in [0.15, 0.2) is 0 Å². The molecule has 7 heteroatoms. The van der Waals surface area contributed by atoms with Crippen LogP contribution in [0.3, 0.4) is 0 Å². The zero-order chi connectivity index (χ0) is 14.3. The third-order valence-corrected chi connectivity index (χ3v) is 4.44. The quantitative estimate of drug-likeness (QED) is 0.646. The van der Waals surface area contributed by atoms with Crippen molar-refractivity contribution in [3.05, 3.63) is 0 Å². The summed E-state index contributed by atoms with van der Waals surface area (Å²) in [6.45, 7) is 1.95. The van der Waals surface area contributed by atoms with Crippen LogP contribution in [0.25, 0.3) is 0 Å². The molecule has 0 aromatic carbocycles. The van der Waals surface area contributed by atoms with Crippen LogP contribution in [0.2, 0.25) is 0 Å². The van der Waals surface area contributed by atoms with E-state index < -0.39 is 18.1 Å². The summed E-state index contributed by atoms with van der Waals surface area (Å²) in [6, 6.07) is -0.491. The lowest BCUT2D eigenvalue weighted by Gasteiger charge is -2.24. The van der Waals surface area contributed by atoms with Crippen molar-refractivity contribution in [1.29, 1.82) is 0 Å². The highest BCUT2D eigenvalue weighted by molar-refractivity contribution is 5.83. The summed E-state index contributed by atoms with van der Waals surface area (Å²) in [5.41, 5.74) is 0. The number of likely N-dealkylation sites (tertiary alicyclic amines) is 2. The molecule has 1 aliphatic carbocycles. The number of nitrogens with one attached hydrogen (secondary N) is 1. The highest BCUT2D eigenvalue weighted by atomic mass is 16.4. The summed E-state index contributed by atoms with van der Waals surface area (Å²) < 4.78 is 0. The van der Waals surface area contributed by atoms with E-state index in [9.17, 15) is 14.7 Å². The van der Waals surface area contributed by atoms with Crippen LogP contribution in [0.5, 0.6) is 0 Å². The molecule has 2 amide bonds. The van der Waals surface area contributed by atoms with Gasteiger partial charge in [-0.2, -0.15) is 0 Å². The molecule has 0 aromatic rings. The number of β-amino-alcohol motifs (C(OH)–C–C–N with tert-alkyl or cyclic N) is 1. The number of aliphatic carboxylic acids is 1. The first kappa shape index (κ1) is 13.6. The number of rotatable bonds is 3. The molecule has 3 aliphatic rings. The molecule has 0 radical (unpaired) electrons. The fraction of sp³-hybridized carbons (Fsp3) is 0.846. The Morgan fingerprint density at radius 3 is 2.55 bits per heavy atom. The van der Waals surface area contributed by atoms with Gasteiger partial charge in [-0.3, -0.25) is 4.90 Å². The zero-order valence-corrected chi connectivity index (χ0v) is 11.4. The van der Waals surface area contributed by atoms with Crippen LogP contribution in [0.1, 0.15) is 25.7 Å². The van der Waals surface area contributed by atoms with E-state index in [1.54, 1.807) is 0 Å². The number of aliphatic hydroxyl groups is 1. The average molecular weight is 283 g/mol. The Balaban J connectivity index is 1.54. The molecule has 1 saturated carbocycles. The Labute approximate surface area is 117 Å². The molecule has 3 unspecified atom stereocenters. The van der Waals surface area contributed by atoms with Gasteiger partial charge in [0.25, 0.3) is 0 Å². The summed E-state index contributed by atoms with van der Waals surface area (Å²) in [7, 11) is 0. The van der Waals surface area contributed by atoms with Gasteiger partial charge in [0, 0.05) is 38.1 Å². The van der Waals surface area contributed by atoms with E-state index in [-0.39, 0.29) is 25.0 Å². The lowest BCUT2D eigenvalue weighted by atomic mass is 10.2. The van der Waals surface area contributed by atoms with Crippen molar-refractivity contribution < 1.29 is 19.8 Å². The molecule has 3 fully saturated rings. The summed E-state index contributed by atoms with van der Waals surface area (Å²) in [4.78, 5) is 26.9. The van der Waals surface area contributed by atoms with Gasteiger partial charge in [-0.05, 0) is 19.3 Å². The molecule has 0 spiro atoms. The number of urea groups is 1. The maximum absolute atomic E-state index is 12.2. The topological polar surface area (TPSA) is 93.1 Å². The van der Waals surface area contributed by atoms with Crippen LogP contribution in [0, 0.1) is 0 Å². The van der Waals surface area contributed by atoms with Crippen molar-refractivity contribution in [2.75, 3.05) is 19.6 Å². The number of hydrogen-bond acceptors (Lipinski definition) is 4. The Hall–Kier alpha value is -1.34. The second-order valence-corrected chi connectivity index (χ2v) is 6.06. The molecule has 2 heterocycles. The largest absolute Gasteiger partial charge is 0.480 e. The summed E-state index contributed by atoms with van der Waals surface area (Å²) >= 11 is 0. The van der Waals surface area contributed by atoms with Crippen LogP contribution in [0.15, 0.2) is 0 Å². The van der Waals surface area contributed by atoms with Gasteiger partial charge in [0.1, 0.15) is 6.04 Å². The van der Waals surface area contributed by atoms with Gasteiger partial charge in [-0.1, -0.05) is 0 Å². The summed E-state index contributed by atoms with van der Waals surface area (Å²) in [6.07, 6.45) is 2.78. The molecular formula is C13H21N3O4. The number of carboxylic acid groups (broad SMARTS) is 1. The minimum absolute atomic E-state index is 0.0929. The standard InChI is InChI=1S/C13H21N3O4/c17-10-5-11(12(18)19)16(7-10)13(20)14-8-3-4-15(6-8)9-1-2-9/h8-11,17H,1-7H2,(H,14,20)(H,18,19). The van der Waals surface area contributed by atoms with Crippen molar-refractivity contribution in [1.82, 2.24) is 15.1 Å². The Bertz CT molecular complexity index is 412. The zero-order valence-electron chi connectivity index (χ0n) is 11.4. The first-order chi connectivity index (χ1) is 9.54. The minimum Gasteiger partial charge on any atom is -0.480 e. The van der Waals surface area contributed by atoms with Crippen molar-refractivity contribution in [3.8, 4) is 0 Å². The monoisotopic (exact) mass is 283 g/mol. The second-order valence-electron chi connectivity index (χ2n) is 6.06. The van der Waals surface area contributed by atoms with Gasteiger partial charge in [0.2, 0.25) is 0 Å². The van der Waals surface area contributed by atoms with Crippen LogP contribution < -0.4 is 5.32 Å². The highest BCUT2D eigenvalue weighted by Gasteiger charge is 2.40. The Kier molecular flexibility index (Phi) is 3.55. The molecular weight excluding hydrogens is 262 g/mol. The van der Waals surface area contributed by atoms with E-state index in [0.29, 0.717) is 6.04 Å². The van der Waals surface area contributed by atoms with E-state index in [1.165, 1.54) is 17.7 Å². The van der Waals surface area contributed by atoms with Crippen LogP contribution in [0.4, 0.5) is 4.79 Å². The molecule has 112 valence electrons. The molecule has 3 atom stereocenters. The predicted molar refractivity (Wildman–Crippen MR) is 70.3 cm³/mol. The second kappa shape index (κ2) is 5.21. The number of carbonyl (C=O) groups is 2. The third kappa shape index (κ3) is 2.73. The fourth-order valence-corrected chi connectivity index (χ4v) is 3.21. The van der Waals surface area contributed by atoms with Crippen molar-refractivity contribution in [2.45, 2.75) is 49.9 Å². The van der Waals surface area contributed by atoms with Crippen molar-refractivity contribution in [2.24, 2.45) is 0 Å². The van der Waals surface area contributed by atoms with Gasteiger partial charge < -0.3 is 20.4 Å². The number of nitrogens with zero attached hydrogens (tertiary/aromatic N) is 2. The van der Waals surface area contributed by atoms with E-state index >= 15 is 0 Å². The minimum atomic E-state index is -1.05. The van der Waals surface area contributed by atoms with Gasteiger partial charge in [0.05, 0.1) is 6.10 Å². The molecule has 3 N–H and O–H groups in total. The lowest BCUT2D eigenvalue weighted by Crippen LogP contribution is -2.49. The molecule has 3 rings (SSSR count). The Morgan fingerprint density at radius 1 is 1.15 bits per heavy atom. The molecule has 2 saturated heterocycles. The first-order valence-corrected chi connectivity index (χ1v) is 7.26. The maximum Gasteiger partial charge on any atom is 0.326 e. The normalized spacial score (nSPS) is 34.5. The van der Waals surface area contributed by atoms with Crippen LogP contribution in [-0.2, 0) is 4.79 Å². The summed E-state index contributed by atoms with van der Waals surface area (Å²) in [5.74, 6) is -1.05. The highest BCUT2D eigenvalue weighted by Crippen LogP contribution is 2.30. The molecule has 0 bridgehead atoms. The molecule has 2 aliphatic heterocycles. The van der Waals surface area contributed by atoms with Gasteiger partial charge in [-0.15, -0.1) is 0 Å². The molecule has 0 aromatic heterocycles. The van der Waals surface area contributed by atoms with E-state index in [0.717, 1.165) is 19.5 Å². The molecule has 20 heavy (non-hydrogen) atoms. The lowest BCUT2D eigenvalue weighted by molar-refractivity contribution is -0.141. The number of aliphatic hydroxyl groups excluding tert-OH is 1. The SMILES string of the molecule is O=C(O)C1CC(O)CN1C(=O)NC1CCN(C2CC2)C1. The van der Waals surface area contributed by atoms with Gasteiger partial charge >= 0.3 is 12.0 Å². The predicted octanol–water partition coefficient (Wildman–Crippen LogP) is -0.547. The van der Waals surface area contributed by atoms with Crippen LogP contribution in [-0.4, -0.2) is 75.9 Å². The van der Waals surface area contributed by atoms with Crippen molar-refractivity contribution >= 4 is 12.0 Å². The number of hydrogen-bond donors (Lipinski definition) is 3. The molecule has 7 nitrogen and oxygen atoms in total.